The van der Waals surface area contributed by atoms with Crippen LogP contribution in [0.3, 0.4) is 0 Å². The zero-order valence-corrected chi connectivity index (χ0v) is 15.6. The molecule has 6 heteroatoms. The van der Waals surface area contributed by atoms with Gasteiger partial charge >= 0.3 is 0 Å². The molecular formula is C17H20BrNO3S. The summed E-state index contributed by atoms with van der Waals surface area (Å²) in [7, 11) is -1.87. The zero-order valence-electron chi connectivity index (χ0n) is 13.2. The predicted octanol–water partition coefficient (Wildman–Crippen LogP) is 4.06. The average Bonchev–Trinajstić information content (AvgIpc) is 2.54. The molecule has 0 radical (unpaired) electrons. The van der Waals surface area contributed by atoms with Crippen LogP contribution in [0, 0.1) is 0 Å². The van der Waals surface area contributed by atoms with Gasteiger partial charge in [0, 0.05) is 13.6 Å². The molecule has 0 heterocycles. The van der Waals surface area contributed by atoms with Gasteiger partial charge in [-0.15, -0.1) is 0 Å². The Hall–Kier alpha value is -1.37. The van der Waals surface area contributed by atoms with Crippen molar-refractivity contribution in [3.63, 3.8) is 0 Å². The Morgan fingerprint density at radius 2 is 1.83 bits per heavy atom. The van der Waals surface area contributed by atoms with E-state index in [4.69, 9.17) is 4.74 Å². The Labute approximate surface area is 146 Å². The molecule has 0 saturated carbocycles. The van der Waals surface area contributed by atoms with E-state index in [9.17, 15) is 8.42 Å². The lowest BCUT2D eigenvalue weighted by Crippen LogP contribution is -2.27. The van der Waals surface area contributed by atoms with Crippen LogP contribution < -0.4 is 4.74 Å². The molecule has 4 nitrogen and oxygen atoms in total. The van der Waals surface area contributed by atoms with E-state index >= 15 is 0 Å². The van der Waals surface area contributed by atoms with E-state index in [-0.39, 0.29) is 4.90 Å². The summed E-state index contributed by atoms with van der Waals surface area (Å²) in [5, 5.41) is 0. The fraction of sp³-hybridized carbons (Fsp3) is 0.294. The maximum Gasteiger partial charge on any atom is 0.242 e. The van der Waals surface area contributed by atoms with Crippen LogP contribution in [-0.4, -0.2) is 26.3 Å². The Morgan fingerprint density at radius 3 is 2.43 bits per heavy atom. The van der Waals surface area contributed by atoms with Crippen molar-refractivity contribution in [2.24, 2.45) is 0 Å². The summed E-state index contributed by atoms with van der Waals surface area (Å²) < 4.78 is 32.6. The maximum atomic E-state index is 12.4. The first-order valence-corrected chi connectivity index (χ1v) is 9.61. The molecule has 0 fully saturated rings. The summed E-state index contributed by atoms with van der Waals surface area (Å²) in [5.74, 6) is 0.617. The molecular weight excluding hydrogens is 378 g/mol. The fourth-order valence-corrected chi connectivity index (χ4v) is 4.04. The summed E-state index contributed by atoms with van der Waals surface area (Å²) >= 11 is 3.39. The molecule has 0 spiro atoms. The molecule has 0 amide bonds. The van der Waals surface area contributed by atoms with Crippen LogP contribution in [0.5, 0.6) is 5.75 Å². The molecule has 0 aromatic heterocycles. The predicted molar refractivity (Wildman–Crippen MR) is 95.0 cm³/mol. The minimum Gasteiger partial charge on any atom is -0.488 e. The Balaban J connectivity index is 2.14. The SMILES string of the molecule is CCCN(C)S(=O)(=O)c1ccc(OCc2ccccc2)c(Br)c1. The first-order chi connectivity index (χ1) is 10.9. The van der Waals surface area contributed by atoms with Gasteiger partial charge in [0.2, 0.25) is 10.0 Å². The number of halogens is 1. The van der Waals surface area contributed by atoms with Crippen molar-refractivity contribution >= 4 is 26.0 Å². The second-order valence-corrected chi connectivity index (χ2v) is 8.09. The van der Waals surface area contributed by atoms with E-state index in [2.05, 4.69) is 15.9 Å². The van der Waals surface area contributed by atoms with Crippen LogP contribution in [-0.2, 0) is 16.6 Å². The van der Waals surface area contributed by atoms with Crippen molar-refractivity contribution in [2.75, 3.05) is 13.6 Å². The van der Waals surface area contributed by atoms with Gasteiger partial charge in [0.15, 0.2) is 0 Å². The van der Waals surface area contributed by atoms with Gasteiger partial charge in [0.1, 0.15) is 12.4 Å². The van der Waals surface area contributed by atoms with Crippen LogP contribution in [0.15, 0.2) is 57.9 Å². The van der Waals surface area contributed by atoms with E-state index in [1.54, 1.807) is 25.2 Å². The van der Waals surface area contributed by atoms with Crippen molar-refractivity contribution < 1.29 is 13.2 Å². The third kappa shape index (κ3) is 4.56. The van der Waals surface area contributed by atoms with E-state index in [1.807, 2.05) is 37.3 Å². The average molecular weight is 398 g/mol. The number of ether oxygens (including phenoxy) is 1. The second kappa shape index (κ2) is 7.95. The molecule has 0 aliphatic carbocycles. The first-order valence-electron chi connectivity index (χ1n) is 7.37. The van der Waals surface area contributed by atoms with Gasteiger partial charge in [0.05, 0.1) is 9.37 Å². The van der Waals surface area contributed by atoms with Gasteiger partial charge in [-0.25, -0.2) is 12.7 Å². The van der Waals surface area contributed by atoms with Gasteiger partial charge < -0.3 is 4.74 Å². The van der Waals surface area contributed by atoms with Crippen molar-refractivity contribution in [2.45, 2.75) is 24.8 Å². The molecule has 0 saturated heterocycles. The van der Waals surface area contributed by atoms with Crippen LogP contribution >= 0.6 is 15.9 Å². The smallest absolute Gasteiger partial charge is 0.242 e. The quantitative estimate of drug-likeness (QED) is 0.707. The monoisotopic (exact) mass is 397 g/mol. The number of rotatable bonds is 7. The Kier molecular flexibility index (Phi) is 6.21. The highest BCUT2D eigenvalue weighted by atomic mass is 79.9. The number of hydrogen-bond acceptors (Lipinski definition) is 3. The first kappa shape index (κ1) is 18.0. The van der Waals surface area contributed by atoms with Crippen molar-refractivity contribution in [3.8, 4) is 5.75 Å². The minimum absolute atomic E-state index is 0.257. The highest BCUT2D eigenvalue weighted by Gasteiger charge is 2.21. The van der Waals surface area contributed by atoms with Crippen LogP contribution in [0.25, 0.3) is 0 Å². The summed E-state index contributed by atoms with van der Waals surface area (Å²) in [5.41, 5.74) is 1.05. The molecule has 0 aliphatic heterocycles. The molecule has 2 rings (SSSR count). The number of nitrogens with zero attached hydrogens (tertiary/aromatic N) is 1. The van der Waals surface area contributed by atoms with Crippen molar-refractivity contribution in [1.29, 1.82) is 0 Å². The fourth-order valence-electron chi connectivity index (χ4n) is 2.11. The Morgan fingerprint density at radius 1 is 1.13 bits per heavy atom. The standard InChI is InChI=1S/C17H20BrNO3S/c1-3-11-19(2)23(20,21)15-9-10-17(16(18)12-15)22-13-14-7-5-4-6-8-14/h4-10,12H,3,11,13H2,1-2H3. The van der Waals surface area contributed by atoms with E-state index in [0.29, 0.717) is 23.4 Å². The summed E-state index contributed by atoms with van der Waals surface area (Å²) in [6.07, 6.45) is 0.773. The van der Waals surface area contributed by atoms with Crippen LogP contribution in [0.2, 0.25) is 0 Å². The van der Waals surface area contributed by atoms with Gasteiger partial charge in [-0.3, -0.25) is 0 Å². The molecule has 0 bridgehead atoms. The maximum absolute atomic E-state index is 12.4. The highest BCUT2D eigenvalue weighted by Crippen LogP contribution is 2.29. The van der Waals surface area contributed by atoms with Crippen molar-refractivity contribution in [3.05, 3.63) is 58.6 Å². The summed E-state index contributed by atoms with van der Waals surface area (Å²) in [6.45, 7) is 2.87. The van der Waals surface area contributed by atoms with Crippen LogP contribution in [0.1, 0.15) is 18.9 Å². The lowest BCUT2D eigenvalue weighted by molar-refractivity contribution is 0.304. The van der Waals surface area contributed by atoms with E-state index in [1.165, 1.54) is 4.31 Å². The minimum atomic E-state index is -3.46. The highest BCUT2D eigenvalue weighted by molar-refractivity contribution is 9.10. The lowest BCUT2D eigenvalue weighted by Gasteiger charge is -2.17. The molecule has 2 aromatic rings. The van der Waals surface area contributed by atoms with E-state index < -0.39 is 10.0 Å². The van der Waals surface area contributed by atoms with Gasteiger partial charge in [-0.1, -0.05) is 37.3 Å². The molecule has 23 heavy (non-hydrogen) atoms. The third-order valence-corrected chi connectivity index (χ3v) is 5.86. The third-order valence-electron chi connectivity index (χ3n) is 3.39. The van der Waals surface area contributed by atoms with Gasteiger partial charge in [-0.2, -0.15) is 0 Å². The Bertz CT molecular complexity index is 748. The van der Waals surface area contributed by atoms with Crippen molar-refractivity contribution in [1.82, 2.24) is 4.31 Å². The molecule has 0 unspecified atom stereocenters. The largest absolute Gasteiger partial charge is 0.488 e. The normalized spacial score (nSPS) is 11.7. The summed E-state index contributed by atoms with van der Waals surface area (Å²) in [4.78, 5) is 0.257. The topological polar surface area (TPSA) is 46.6 Å². The second-order valence-electron chi connectivity index (χ2n) is 5.19. The lowest BCUT2D eigenvalue weighted by atomic mass is 10.2. The molecule has 2 aromatic carbocycles. The molecule has 0 atom stereocenters. The molecule has 0 aliphatic rings. The van der Waals surface area contributed by atoms with E-state index in [0.717, 1.165) is 12.0 Å². The number of sulfonamides is 1. The summed E-state index contributed by atoms with van der Waals surface area (Å²) in [6, 6.07) is 14.7. The molecule has 124 valence electrons. The van der Waals surface area contributed by atoms with Crippen LogP contribution in [0.4, 0.5) is 0 Å². The number of hydrogen-bond donors (Lipinski definition) is 0. The zero-order chi connectivity index (χ0) is 16.9. The number of benzene rings is 2. The molecule has 0 N–H and O–H groups in total. The van der Waals surface area contributed by atoms with Gasteiger partial charge in [-0.05, 0) is 46.1 Å². The van der Waals surface area contributed by atoms with Gasteiger partial charge in [0.25, 0.3) is 0 Å².